The van der Waals surface area contributed by atoms with Gasteiger partial charge < -0.3 is 10.2 Å². The molecule has 2 aromatic rings. The molecule has 1 aromatic heterocycles. The molecule has 0 aliphatic rings. The summed E-state index contributed by atoms with van der Waals surface area (Å²) in [7, 11) is 3.64. The number of anilines is 1. The van der Waals surface area contributed by atoms with Gasteiger partial charge in [-0.1, -0.05) is 26.0 Å². The van der Waals surface area contributed by atoms with Crippen LogP contribution in [-0.4, -0.2) is 27.8 Å². The summed E-state index contributed by atoms with van der Waals surface area (Å²) in [6.45, 7) is 4.82. The third-order valence-corrected chi connectivity index (χ3v) is 3.50. The molecular weight excluding hydrogens is 264 g/mol. The van der Waals surface area contributed by atoms with Crippen molar-refractivity contribution in [1.29, 1.82) is 0 Å². The first-order chi connectivity index (χ1) is 9.97. The molecule has 0 saturated heterocycles. The summed E-state index contributed by atoms with van der Waals surface area (Å²) in [5, 5.41) is 6.99. The van der Waals surface area contributed by atoms with Gasteiger partial charge in [0.2, 0.25) is 0 Å². The van der Waals surface area contributed by atoms with E-state index in [1.54, 1.807) is 22.8 Å². The molecule has 0 aliphatic heterocycles. The fourth-order valence-corrected chi connectivity index (χ4v) is 2.04. The van der Waals surface area contributed by atoms with Crippen LogP contribution in [-0.2, 0) is 13.6 Å². The smallest absolute Gasteiger partial charge is 0.321 e. The first-order valence-corrected chi connectivity index (χ1v) is 7.06. The third kappa shape index (κ3) is 3.84. The number of rotatable bonds is 4. The fraction of sp³-hybridized carbons (Fsp3) is 0.375. The molecule has 21 heavy (non-hydrogen) atoms. The van der Waals surface area contributed by atoms with E-state index in [2.05, 4.69) is 24.3 Å². The third-order valence-electron chi connectivity index (χ3n) is 3.50. The van der Waals surface area contributed by atoms with E-state index in [-0.39, 0.29) is 6.03 Å². The van der Waals surface area contributed by atoms with E-state index >= 15 is 0 Å². The molecule has 0 unspecified atom stereocenters. The summed E-state index contributed by atoms with van der Waals surface area (Å²) in [5.74, 6) is 0.488. The van der Waals surface area contributed by atoms with E-state index in [0.29, 0.717) is 12.5 Å². The van der Waals surface area contributed by atoms with Crippen molar-refractivity contribution in [3.05, 3.63) is 47.8 Å². The second kappa shape index (κ2) is 6.43. The van der Waals surface area contributed by atoms with Gasteiger partial charge in [-0.25, -0.2) is 4.79 Å². The van der Waals surface area contributed by atoms with Crippen molar-refractivity contribution in [3.63, 3.8) is 0 Å². The van der Waals surface area contributed by atoms with Gasteiger partial charge in [-0.3, -0.25) is 4.68 Å². The highest BCUT2D eigenvalue weighted by Gasteiger charge is 2.11. The number of urea groups is 1. The lowest BCUT2D eigenvalue weighted by Gasteiger charge is -2.18. The summed E-state index contributed by atoms with van der Waals surface area (Å²) in [5.41, 5.74) is 3.06. The van der Waals surface area contributed by atoms with Gasteiger partial charge in [-0.15, -0.1) is 0 Å². The van der Waals surface area contributed by atoms with Crippen LogP contribution < -0.4 is 5.32 Å². The zero-order valence-electron chi connectivity index (χ0n) is 13.0. The van der Waals surface area contributed by atoms with Crippen molar-refractivity contribution < 1.29 is 4.79 Å². The largest absolute Gasteiger partial charge is 0.322 e. The molecule has 0 saturated carbocycles. The van der Waals surface area contributed by atoms with Crippen LogP contribution in [0.4, 0.5) is 10.5 Å². The Morgan fingerprint density at radius 1 is 1.29 bits per heavy atom. The molecule has 0 atom stereocenters. The van der Waals surface area contributed by atoms with Crippen molar-refractivity contribution in [1.82, 2.24) is 14.7 Å². The lowest BCUT2D eigenvalue weighted by atomic mass is 10.0. The van der Waals surface area contributed by atoms with Crippen molar-refractivity contribution in [2.75, 3.05) is 12.4 Å². The Morgan fingerprint density at radius 2 is 1.95 bits per heavy atom. The molecule has 0 spiro atoms. The van der Waals surface area contributed by atoms with E-state index in [0.717, 1.165) is 11.4 Å². The maximum atomic E-state index is 12.2. The molecule has 0 bridgehead atoms. The number of carbonyl (C=O) groups is 1. The Hall–Kier alpha value is -2.30. The molecular formula is C16H22N4O. The first kappa shape index (κ1) is 15.1. The first-order valence-electron chi connectivity index (χ1n) is 7.06. The number of aromatic nitrogens is 2. The highest BCUT2D eigenvalue weighted by molar-refractivity contribution is 5.89. The average molecular weight is 286 g/mol. The van der Waals surface area contributed by atoms with Crippen LogP contribution in [0.1, 0.15) is 31.0 Å². The fourth-order valence-electron chi connectivity index (χ4n) is 2.04. The van der Waals surface area contributed by atoms with Crippen LogP contribution >= 0.6 is 0 Å². The standard InChI is InChI=1S/C16H22N4O/c1-12(2)13-5-7-14(8-6-13)18-16(21)19(3)11-15-9-10-17-20(15)4/h5-10,12H,11H2,1-4H3,(H,18,21). The number of benzene rings is 1. The van der Waals surface area contributed by atoms with Crippen molar-refractivity contribution in [2.24, 2.45) is 7.05 Å². The van der Waals surface area contributed by atoms with Gasteiger partial charge in [-0.05, 0) is 29.7 Å². The maximum absolute atomic E-state index is 12.2. The number of amides is 2. The van der Waals surface area contributed by atoms with Gasteiger partial charge in [0.1, 0.15) is 0 Å². The number of hydrogen-bond acceptors (Lipinski definition) is 2. The Labute approximate surface area is 125 Å². The van der Waals surface area contributed by atoms with Crippen LogP contribution in [0.2, 0.25) is 0 Å². The molecule has 1 heterocycles. The quantitative estimate of drug-likeness (QED) is 0.938. The normalized spacial score (nSPS) is 10.7. The van der Waals surface area contributed by atoms with Gasteiger partial charge in [0, 0.05) is 26.0 Å². The number of carbonyl (C=O) groups excluding carboxylic acids is 1. The minimum Gasteiger partial charge on any atom is -0.322 e. The van der Waals surface area contributed by atoms with E-state index < -0.39 is 0 Å². The van der Waals surface area contributed by atoms with Gasteiger partial charge in [-0.2, -0.15) is 5.10 Å². The van der Waals surface area contributed by atoms with Crippen LogP contribution in [0.3, 0.4) is 0 Å². The molecule has 5 heteroatoms. The molecule has 2 rings (SSSR count). The molecule has 0 aliphatic carbocycles. The van der Waals surface area contributed by atoms with Crippen molar-refractivity contribution >= 4 is 11.7 Å². The van der Waals surface area contributed by atoms with E-state index in [4.69, 9.17) is 0 Å². The van der Waals surface area contributed by atoms with Gasteiger partial charge in [0.05, 0.1) is 12.2 Å². The predicted octanol–water partition coefficient (Wildman–Crippen LogP) is 3.21. The zero-order chi connectivity index (χ0) is 15.4. The van der Waals surface area contributed by atoms with Gasteiger partial charge in [0.25, 0.3) is 0 Å². The lowest BCUT2D eigenvalue weighted by molar-refractivity contribution is 0.219. The number of hydrogen-bond donors (Lipinski definition) is 1. The summed E-state index contributed by atoms with van der Waals surface area (Å²) in [6.07, 6.45) is 1.73. The second-order valence-electron chi connectivity index (χ2n) is 5.51. The molecule has 2 amide bonds. The van der Waals surface area contributed by atoms with Gasteiger partial charge in [0.15, 0.2) is 0 Å². The minimum absolute atomic E-state index is 0.131. The SMILES string of the molecule is CC(C)c1ccc(NC(=O)N(C)Cc2ccnn2C)cc1. The Bertz CT molecular complexity index is 601. The molecule has 1 N–H and O–H groups in total. The van der Waals surface area contributed by atoms with Crippen LogP contribution in [0.5, 0.6) is 0 Å². The van der Waals surface area contributed by atoms with Crippen molar-refractivity contribution in [3.8, 4) is 0 Å². The summed E-state index contributed by atoms with van der Waals surface area (Å²) >= 11 is 0. The van der Waals surface area contributed by atoms with E-state index in [9.17, 15) is 4.79 Å². The minimum atomic E-state index is -0.131. The van der Waals surface area contributed by atoms with Crippen molar-refractivity contribution in [2.45, 2.75) is 26.3 Å². The summed E-state index contributed by atoms with van der Waals surface area (Å²) in [4.78, 5) is 13.8. The topological polar surface area (TPSA) is 50.2 Å². The molecule has 1 aromatic carbocycles. The Kier molecular flexibility index (Phi) is 4.62. The number of nitrogens with zero attached hydrogens (tertiary/aromatic N) is 3. The number of aryl methyl sites for hydroxylation is 1. The molecule has 0 radical (unpaired) electrons. The lowest BCUT2D eigenvalue weighted by Crippen LogP contribution is -2.31. The summed E-state index contributed by atoms with van der Waals surface area (Å²) in [6, 6.07) is 9.73. The van der Waals surface area contributed by atoms with Crippen LogP contribution in [0.25, 0.3) is 0 Å². The van der Waals surface area contributed by atoms with E-state index in [1.165, 1.54) is 5.56 Å². The zero-order valence-corrected chi connectivity index (χ0v) is 13.0. The Morgan fingerprint density at radius 3 is 2.48 bits per heavy atom. The molecule has 112 valence electrons. The Balaban J connectivity index is 1.95. The highest BCUT2D eigenvalue weighted by Crippen LogP contribution is 2.17. The molecule has 5 nitrogen and oxygen atoms in total. The predicted molar refractivity (Wildman–Crippen MR) is 84.2 cm³/mol. The summed E-state index contributed by atoms with van der Waals surface area (Å²) < 4.78 is 1.77. The van der Waals surface area contributed by atoms with E-state index in [1.807, 2.05) is 37.4 Å². The average Bonchev–Trinajstić information content (AvgIpc) is 2.84. The second-order valence-corrected chi connectivity index (χ2v) is 5.51. The highest BCUT2D eigenvalue weighted by atomic mass is 16.2. The molecule has 0 fully saturated rings. The number of nitrogens with one attached hydrogen (secondary N) is 1. The van der Waals surface area contributed by atoms with Gasteiger partial charge >= 0.3 is 6.03 Å². The monoisotopic (exact) mass is 286 g/mol. The maximum Gasteiger partial charge on any atom is 0.321 e. The van der Waals surface area contributed by atoms with Crippen LogP contribution in [0, 0.1) is 0 Å². The van der Waals surface area contributed by atoms with Crippen LogP contribution in [0.15, 0.2) is 36.5 Å².